The third-order valence-corrected chi connectivity index (χ3v) is 3.97. The molecule has 0 atom stereocenters. The van der Waals surface area contributed by atoms with Crippen LogP contribution in [0.3, 0.4) is 0 Å². The van der Waals surface area contributed by atoms with E-state index in [1.54, 1.807) is 6.20 Å². The number of allylic oxidation sites excluding steroid dienone is 1. The van der Waals surface area contributed by atoms with Gasteiger partial charge in [-0.3, -0.25) is 14.5 Å². The Kier molecular flexibility index (Phi) is 4.84. The van der Waals surface area contributed by atoms with E-state index < -0.39 is 0 Å². The van der Waals surface area contributed by atoms with Crippen LogP contribution in [0, 0.1) is 0 Å². The standard InChI is InChI=1S/C12H17N3O3S/c16-10-8-19-12(18)15(10)6-5-13-11(17)14-7-9-3-1-2-4-9/h7H,1-6,8H2,(H2,13,14,17). The largest absolute Gasteiger partial charge is 0.336 e. The summed E-state index contributed by atoms with van der Waals surface area (Å²) in [6, 6.07) is -0.300. The maximum Gasteiger partial charge on any atom is 0.318 e. The summed E-state index contributed by atoms with van der Waals surface area (Å²) in [6.07, 6.45) is 6.23. The van der Waals surface area contributed by atoms with E-state index in [1.165, 1.54) is 23.3 Å². The molecule has 1 saturated heterocycles. The third kappa shape index (κ3) is 3.99. The van der Waals surface area contributed by atoms with Gasteiger partial charge in [-0.2, -0.15) is 0 Å². The van der Waals surface area contributed by atoms with Crippen LogP contribution in [0.2, 0.25) is 0 Å². The Balaban J connectivity index is 1.65. The number of hydrogen-bond acceptors (Lipinski definition) is 4. The van der Waals surface area contributed by atoms with Crippen LogP contribution in [0.5, 0.6) is 0 Å². The van der Waals surface area contributed by atoms with Gasteiger partial charge in [0.05, 0.1) is 5.75 Å². The molecular weight excluding hydrogens is 266 g/mol. The van der Waals surface area contributed by atoms with Gasteiger partial charge in [0.2, 0.25) is 5.91 Å². The SMILES string of the molecule is O=C(NC=C1CCCC1)NCCN1C(=O)CSC1=O. The second kappa shape index (κ2) is 6.60. The van der Waals surface area contributed by atoms with Crippen molar-refractivity contribution in [1.29, 1.82) is 0 Å². The zero-order valence-electron chi connectivity index (χ0n) is 10.6. The van der Waals surface area contributed by atoms with Crippen molar-refractivity contribution in [2.45, 2.75) is 25.7 Å². The Bertz CT molecular complexity index is 398. The summed E-state index contributed by atoms with van der Waals surface area (Å²) >= 11 is 0.999. The molecular formula is C12H17N3O3S. The molecule has 0 aromatic rings. The number of carbonyl (C=O) groups excluding carboxylic acids is 3. The van der Waals surface area contributed by atoms with Gasteiger partial charge in [-0.15, -0.1) is 0 Å². The predicted molar refractivity (Wildman–Crippen MR) is 72.7 cm³/mol. The van der Waals surface area contributed by atoms with Gasteiger partial charge < -0.3 is 10.6 Å². The third-order valence-electron chi connectivity index (χ3n) is 3.11. The number of thioether (sulfide) groups is 1. The minimum absolute atomic E-state index is 0.190. The van der Waals surface area contributed by atoms with Crippen LogP contribution in [0.15, 0.2) is 11.8 Å². The van der Waals surface area contributed by atoms with Crippen LogP contribution >= 0.6 is 11.8 Å². The highest BCUT2D eigenvalue weighted by Gasteiger charge is 2.29. The van der Waals surface area contributed by atoms with Gasteiger partial charge in [0.15, 0.2) is 0 Å². The molecule has 4 amide bonds. The molecule has 0 aromatic carbocycles. The number of amides is 4. The van der Waals surface area contributed by atoms with Crippen molar-refractivity contribution < 1.29 is 14.4 Å². The Morgan fingerprint density at radius 3 is 2.68 bits per heavy atom. The Labute approximate surface area is 116 Å². The molecule has 0 radical (unpaired) electrons. The van der Waals surface area contributed by atoms with Crippen LogP contribution in [-0.4, -0.2) is 40.9 Å². The first-order valence-electron chi connectivity index (χ1n) is 6.36. The lowest BCUT2D eigenvalue weighted by Gasteiger charge is -2.12. The number of carbonyl (C=O) groups is 3. The molecule has 19 heavy (non-hydrogen) atoms. The molecule has 104 valence electrons. The van der Waals surface area contributed by atoms with Gasteiger partial charge >= 0.3 is 6.03 Å². The molecule has 6 nitrogen and oxygen atoms in total. The summed E-state index contributed by atoms with van der Waals surface area (Å²) in [5.41, 5.74) is 1.26. The lowest BCUT2D eigenvalue weighted by Crippen LogP contribution is -2.40. The minimum atomic E-state index is -0.300. The van der Waals surface area contributed by atoms with Gasteiger partial charge in [0.1, 0.15) is 0 Å². The van der Waals surface area contributed by atoms with Crippen LogP contribution in [0.4, 0.5) is 9.59 Å². The molecule has 7 heteroatoms. The van der Waals surface area contributed by atoms with Crippen LogP contribution in [0.1, 0.15) is 25.7 Å². The topological polar surface area (TPSA) is 78.5 Å². The number of nitrogens with one attached hydrogen (secondary N) is 2. The summed E-state index contributed by atoms with van der Waals surface area (Å²) in [6.45, 7) is 0.502. The lowest BCUT2D eigenvalue weighted by molar-refractivity contribution is -0.124. The Hall–Kier alpha value is -1.50. The van der Waals surface area contributed by atoms with E-state index in [2.05, 4.69) is 10.6 Å². The van der Waals surface area contributed by atoms with Crippen LogP contribution < -0.4 is 10.6 Å². The number of urea groups is 1. The second-order valence-corrected chi connectivity index (χ2v) is 5.44. The Morgan fingerprint density at radius 1 is 1.32 bits per heavy atom. The van der Waals surface area contributed by atoms with E-state index in [9.17, 15) is 14.4 Å². The smallest absolute Gasteiger partial charge is 0.318 e. The summed E-state index contributed by atoms with van der Waals surface area (Å²) in [5.74, 6) is 0.0159. The monoisotopic (exact) mass is 283 g/mol. The van der Waals surface area contributed by atoms with Crippen LogP contribution in [0.25, 0.3) is 0 Å². The van der Waals surface area contributed by atoms with Crippen molar-refractivity contribution in [2.24, 2.45) is 0 Å². The fourth-order valence-electron chi connectivity index (χ4n) is 2.07. The molecule has 1 heterocycles. The molecule has 0 unspecified atom stereocenters. The normalized spacial score (nSPS) is 18.9. The summed E-state index contributed by atoms with van der Waals surface area (Å²) < 4.78 is 0. The molecule has 2 N–H and O–H groups in total. The first-order chi connectivity index (χ1) is 9.16. The molecule has 1 aliphatic heterocycles. The predicted octanol–water partition coefficient (Wildman–Crippen LogP) is 1.44. The van der Waals surface area contributed by atoms with Gasteiger partial charge in [-0.25, -0.2) is 4.79 Å². The molecule has 2 fully saturated rings. The first kappa shape index (κ1) is 13.9. The summed E-state index contributed by atoms with van der Waals surface area (Å²) in [4.78, 5) is 35.2. The van der Waals surface area contributed by atoms with Gasteiger partial charge in [-0.1, -0.05) is 17.3 Å². The molecule has 0 spiro atoms. The average molecular weight is 283 g/mol. The van der Waals surface area contributed by atoms with Crippen molar-refractivity contribution in [3.8, 4) is 0 Å². The van der Waals surface area contributed by atoms with Crippen molar-refractivity contribution in [2.75, 3.05) is 18.8 Å². The molecule has 2 aliphatic rings. The molecule has 1 saturated carbocycles. The quantitative estimate of drug-likeness (QED) is 0.818. The van der Waals surface area contributed by atoms with Crippen molar-refractivity contribution in [1.82, 2.24) is 15.5 Å². The molecule has 0 bridgehead atoms. The zero-order chi connectivity index (χ0) is 13.7. The van der Waals surface area contributed by atoms with Crippen molar-refractivity contribution in [3.05, 3.63) is 11.8 Å². The highest BCUT2D eigenvalue weighted by molar-refractivity contribution is 8.14. The maximum absolute atomic E-state index is 11.5. The van der Waals surface area contributed by atoms with Gasteiger partial charge in [0.25, 0.3) is 5.24 Å². The molecule has 0 aromatic heterocycles. The van der Waals surface area contributed by atoms with E-state index in [0.29, 0.717) is 0 Å². The van der Waals surface area contributed by atoms with E-state index in [-0.39, 0.29) is 36.0 Å². The van der Waals surface area contributed by atoms with Crippen LogP contribution in [-0.2, 0) is 4.79 Å². The van der Waals surface area contributed by atoms with E-state index in [0.717, 1.165) is 24.6 Å². The first-order valence-corrected chi connectivity index (χ1v) is 7.35. The zero-order valence-corrected chi connectivity index (χ0v) is 11.4. The van der Waals surface area contributed by atoms with Gasteiger partial charge in [-0.05, 0) is 25.7 Å². The average Bonchev–Trinajstić information content (AvgIpc) is 3.00. The number of nitrogens with zero attached hydrogens (tertiary/aromatic N) is 1. The summed E-state index contributed by atoms with van der Waals surface area (Å²) in [7, 11) is 0. The highest BCUT2D eigenvalue weighted by atomic mass is 32.2. The van der Waals surface area contributed by atoms with E-state index in [4.69, 9.17) is 0 Å². The second-order valence-electron chi connectivity index (χ2n) is 4.51. The van der Waals surface area contributed by atoms with Crippen molar-refractivity contribution in [3.63, 3.8) is 0 Å². The highest BCUT2D eigenvalue weighted by Crippen LogP contribution is 2.22. The fourth-order valence-corrected chi connectivity index (χ4v) is 2.82. The molecule has 2 rings (SSSR count). The van der Waals surface area contributed by atoms with E-state index >= 15 is 0 Å². The van der Waals surface area contributed by atoms with Gasteiger partial charge in [0, 0.05) is 19.3 Å². The Morgan fingerprint density at radius 2 is 2.05 bits per heavy atom. The van der Waals surface area contributed by atoms with E-state index in [1.807, 2.05) is 0 Å². The summed E-state index contributed by atoms with van der Waals surface area (Å²) in [5, 5.41) is 5.06. The fraction of sp³-hybridized carbons (Fsp3) is 0.583. The lowest BCUT2D eigenvalue weighted by atomic mass is 10.2. The molecule has 1 aliphatic carbocycles. The number of rotatable bonds is 4. The minimum Gasteiger partial charge on any atom is -0.336 e. The number of imide groups is 1. The van der Waals surface area contributed by atoms with Crippen molar-refractivity contribution >= 4 is 28.9 Å². The maximum atomic E-state index is 11.5. The number of hydrogen-bond donors (Lipinski definition) is 2.